The average molecular weight is 396 g/mol. The minimum atomic E-state index is -0.522. The Balaban J connectivity index is 1.60. The van der Waals surface area contributed by atoms with E-state index in [-0.39, 0.29) is 11.5 Å². The number of benzene rings is 1. The van der Waals surface area contributed by atoms with Gasteiger partial charge in [0.15, 0.2) is 16.6 Å². The van der Waals surface area contributed by atoms with Crippen LogP contribution in [0.15, 0.2) is 57.1 Å². The molecule has 10 heteroatoms. The zero-order valence-corrected chi connectivity index (χ0v) is 15.9. The van der Waals surface area contributed by atoms with Gasteiger partial charge in [-0.05, 0) is 26.0 Å². The van der Waals surface area contributed by atoms with E-state index in [4.69, 9.17) is 4.52 Å². The van der Waals surface area contributed by atoms with Crippen molar-refractivity contribution in [3.8, 4) is 5.69 Å². The smallest absolute Gasteiger partial charge is 0.262 e. The maximum atomic E-state index is 12.4. The molecule has 2 N–H and O–H groups in total. The third kappa shape index (κ3) is 3.54. The molecule has 0 aliphatic carbocycles. The summed E-state index contributed by atoms with van der Waals surface area (Å²) in [5.41, 5.74) is 0.908. The van der Waals surface area contributed by atoms with Crippen LogP contribution in [0, 0.1) is 6.92 Å². The van der Waals surface area contributed by atoms with Crippen LogP contribution in [0.4, 0.5) is 5.82 Å². The third-order valence-electron chi connectivity index (χ3n) is 3.95. The molecular formula is C18H16N6O3S. The van der Waals surface area contributed by atoms with E-state index < -0.39 is 5.25 Å². The summed E-state index contributed by atoms with van der Waals surface area (Å²) >= 11 is 1.14. The molecule has 0 spiro atoms. The lowest BCUT2D eigenvalue weighted by atomic mass is 10.3. The molecule has 0 bridgehead atoms. The van der Waals surface area contributed by atoms with Gasteiger partial charge in [-0.25, -0.2) is 9.67 Å². The Labute approximate surface area is 163 Å². The lowest BCUT2D eigenvalue weighted by Crippen LogP contribution is -2.23. The van der Waals surface area contributed by atoms with Crippen molar-refractivity contribution in [1.29, 1.82) is 0 Å². The van der Waals surface area contributed by atoms with E-state index in [1.165, 1.54) is 6.20 Å². The highest BCUT2D eigenvalue weighted by Crippen LogP contribution is 2.22. The molecule has 3 aromatic heterocycles. The van der Waals surface area contributed by atoms with Crippen LogP contribution in [0.5, 0.6) is 0 Å². The number of fused-ring (bicyclic) bond motifs is 1. The first-order valence-electron chi connectivity index (χ1n) is 8.45. The molecule has 0 saturated heterocycles. The maximum Gasteiger partial charge on any atom is 0.262 e. The zero-order chi connectivity index (χ0) is 19.7. The summed E-state index contributed by atoms with van der Waals surface area (Å²) in [6.45, 7) is 3.45. The van der Waals surface area contributed by atoms with Gasteiger partial charge in [0.25, 0.3) is 5.56 Å². The van der Waals surface area contributed by atoms with E-state index in [9.17, 15) is 9.59 Å². The standard InChI is InChI=1S/C18H16N6O3S/c1-10-8-14(23-27-10)20-16(25)11(2)28-18-21-15-13(17(26)22-18)9-19-24(15)12-6-4-3-5-7-12/h3-9,11H,1-2H3,(H,20,23,25)(H,21,22,26). The van der Waals surface area contributed by atoms with Crippen molar-refractivity contribution in [1.82, 2.24) is 24.9 Å². The second-order valence-corrected chi connectivity index (χ2v) is 7.40. The molecule has 142 valence electrons. The van der Waals surface area contributed by atoms with E-state index in [1.807, 2.05) is 30.3 Å². The summed E-state index contributed by atoms with van der Waals surface area (Å²) < 4.78 is 6.53. The fourth-order valence-electron chi connectivity index (χ4n) is 2.59. The third-order valence-corrected chi connectivity index (χ3v) is 4.94. The lowest BCUT2D eigenvalue weighted by Gasteiger charge is -2.10. The number of nitrogens with zero attached hydrogens (tertiary/aromatic N) is 4. The SMILES string of the molecule is Cc1cc(NC(=O)C(C)Sc2nc3c(cnn3-c3ccccc3)c(=O)[nH]2)no1. The topological polar surface area (TPSA) is 119 Å². The molecule has 1 amide bonds. The molecule has 0 aliphatic heterocycles. The van der Waals surface area contributed by atoms with Gasteiger partial charge in [-0.1, -0.05) is 35.1 Å². The molecule has 0 fully saturated rings. The molecule has 9 nitrogen and oxygen atoms in total. The molecule has 4 aromatic rings. The van der Waals surface area contributed by atoms with Crippen molar-refractivity contribution >= 4 is 34.5 Å². The van der Waals surface area contributed by atoms with Crippen LogP contribution < -0.4 is 10.9 Å². The monoisotopic (exact) mass is 396 g/mol. The highest BCUT2D eigenvalue weighted by Gasteiger charge is 2.19. The van der Waals surface area contributed by atoms with Crippen LogP contribution in [-0.4, -0.2) is 36.1 Å². The molecule has 0 aliphatic rings. The number of carbonyl (C=O) groups is 1. The van der Waals surface area contributed by atoms with Gasteiger partial charge in [0.1, 0.15) is 11.1 Å². The van der Waals surface area contributed by atoms with Crippen molar-refractivity contribution < 1.29 is 9.32 Å². The fourth-order valence-corrected chi connectivity index (χ4v) is 3.38. The first-order chi connectivity index (χ1) is 13.5. The summed E-state index contributed by atoms with van der Waals surface area (Å²) in [6.07, 6.45) is 1.48. The summed E-state index contributed by atoms with van der Waals surface area (Å²) in [7, 11) is 0. The van der Waals surface area contributed by atoms with Gasteiger partial charge in [0.05, 0.1) is 17.1 Å². The fraction of sp³-hybridized carbons (Fsp3) is 0.167. The largest absolute Gasteiger partial charge is 0.360 e. The molecule has 1 atom stereocenters. The predicted octanol–water partition coefficient (Wildman–Crippen LogP) is 2.52. The Bertz CT molecular complexity index is 1200. The second kappa shape index (κ2) is 7.31. The van der Waals surface area contributed by atoms with Gasteiger partial charge in [-0.15, -0.1) is 0 Å². The van der Waals surface area contributed by atoms with Crippen molar-refractivity contribution in [2.24, 2.45) is 0 Å². The summed E-state index contributed by atoms with van der Waals surface area (Å²) in [4.78, 5) is 32.0. The van der Waals surface area contributed by atoms with Crippen molar-refractivity contribution in [2.75, 3.05) is 5.32 Å². The number of hydrogen-bond donors (Lipinski definition) is 2. The van der Waals surface area contributed by atoms with Gasteiger partial charge >= 0.3 is 0 Å². The molecular weight excluding hydrogens is 380 g/mol. The number of carbonyl (C=O) groups excluding carboxylic acids is 1. The molecule has 1 aromatic carbocycles. The Kier molecular flexibility index (Phi) is 4.70. The highest BCUT2D eigenvalue weighted by molar-refractivity contribution is 8.00. The minimum absolute atomic E-state index is 0.280. The van der Waals surface area contributed by atoms with Crippen LogP contribution in [0.1, 0.15) is 12.7 Å². The van der Waals surface area contributed by atoms with Crippen LogP contribution in [-0.2, 0) is 4.79 Å². The minimum Gasteiger partial charge on any atom is -0.360 e. The Morgan fingerprint density at radius 1 is 1.32 bits per heavy atom. The Morgan fingerprint density at radius 2 is 2.11 bits per heavy atom. The maximum absolute atomic E-state index is 12.4. The van der Waals surface area contributed by atoms with Gasteiger partial charge < -0.3 is 14.8 Å². The number of nitrogens with one attached hydrogen (secondary N) is 2. The van der Waals surface area contributed by atoms with Crippen LogP contribution >= 0.6 is 11.8 Å². The number of aryl methyl sites for hydroxylation is 1. The molecule has 0 saturated carbocycles. The lowest BCUT2D eigenvalue weighted by molar-refractivity contribution is -0.115. The van der Waals surface area contributed by atoms with Crippen LogP contribution in [0.2, 0.25) is 0 Å². The summed E-state index contributed by atoms with van der Waals surface area (Å²) in [6, 6.07) is 11.0. The molecule has 4 rings (SSSR count). The number of aromatic nitrogens is 5. The van der Waals surface area contributed by atoms with Crippen molar-refractivity contribution in [2.45, 2.75) is 24.3 Å². The van der Waals surface area contributed by atoms with Gasteiger partial charge in [0.2, 0.25) is 5.91 Å². The first kappa shape index (κ1) is 18.0. The summed E-state index contributed by atoms with van der Waals surface area (Å²) in [5.74, 6) is 0.660. The number of para-hydroxylation sites is 1. The number of anilines is 1. The van der Waals surface area contributed by atoms with Crippen molar-refractivity contribution in [3.05, 3.63) is 58.7 Å². The highest BCUT2D eigenvalue weighted by atomic mass is 32.2. The zero-order valence-electron chi connectivity index (χ0n) is 15.0. The quantitative estimate of drug-likeness (QED) is 0.393. The first-order valence-corrected chi connectivity index (χ1v) is 9.33. The number of thioether (sulfide) groups is 1. The van der Waals surface area contributed by atoms with Crippen LogP contribution in [0.3, 0.4) is 0 Å². The number of rotatable bonds is 5. The average Bonchev–Trinajstić information content (AvgIpc) is 3.28. The van der Waals surface area contributed by atoms with Crippen molar-refractivity contribution in [3.63, 3.8) is 0 Å². The van der Waals surface area contributed by atoms with Gasteiger partial charge in [-0.3, -0.25) is 9.59 Å². The summed E-state index contributed by atoms with van der Waals surface area (Å²) in [5, 5.41) is 10.9. The van der Waals surface area contributed by atoms with Gasteiger partial charge in [-0.2, -0.15) is 5.10 Å². The normalized spacial score (nSPS) is 12.2. The van der Waals surface area contributed by atoms with E-state index in [2.05, 4.69) is 25.5 Å². The number of amides is 1. The van der Waals surface area contributed by atoms with Crippen LogP contribution in [0.25, 0.3) is 16.7 Å². The van der Waals surface area contributed by atoms with E-state index in [0.29, 0.717) is 27.8 Å². The van der Waals surface area contributed by atoms with E-state index in [0.717, 1.165) is 17.4 Å². The van der Waals surface area contributed by atoms with E-state index >= 15 is 0 Å². The Hall–Kier alpha value is -3.40. The second-order valence-electron chi connectivity index (χ2n) is 6.07. The number of aromatic amines is 1. The molecule has 0 radical (unpaired) electrons. The van der Waals surface area contributed by atoms with E-state index in [1.54, 1.807) is 24.6 Å². The molecule has 3 heterocycles. The number of H-pyrrole nitrogens is 1. The molecule has 1 unspecified atom stereocenters. The van der Waals surface area contributed by atoms with Gasteiger partial charge in [0, 0.05) is 6.07 Å². The predicted molar refractivity (Wildman–Crippen MR) is 105 cm³/mol. The Morgan fingerprint density at radius 3 is 2.82 bits per heavy atom. The molecule has 28 heavy (non-hydrogen) atoms. The number of hydrogen-bond acceptors (Lipinski definition) is 7.